The van der Waals surface area contributed by atoms with E-state index >= 15 is 0 Å². The number of carbonyl (C=O) groups is 1. The van der Waals surface area contributed by atoms with E-state index in [0.29, 0.717) is 10.1 Å². The Morgan fingerprint density at radius 1 is 1.25 bits per heavy atom. The van der Waals surface area contributed by atoms with E-state index in [-0.39, 0.29) is 0 Å². The Bertz CT molecular complexity index is 203. The summed E-state index contributed by atoms with van der Waals surface area (Å²) in [4.78, 5) is 11.0. The second-order valence-electron chi connectivity index (χ2n) is 4.01. The fourth-order valence-electron chi connectivity index (χ4n) is 1.07. The highest BCUT2D eigenvalue weighted by atomic mass is 16.6. The van der Waals surface area contributed by atoms with Gasteiger partial charge in [-0.1, -0.05) is 0 Å². The second-order valence-corrected chi connectivity index (χ2v) is 4.01. The lowest BCUT2D eigenvalue weighted by molar-refractivity contribution is -0.108. The summed E-state index contributed by atoms with van der Waals surface area (Å²) in [6, 6.07) is -0.898. The van der Waals surface area contributed by atoms with Gasteiger partial charge in [0.1, 0.15) is 0 Å². The van der Waals surface area contributed by atoms with Crippen LogP contribution in [0.3, 0.4) is 0 Å². The van der Waals surface area contributed by atoms with E-state index in [9.17, 15) is 15.2 Å². The van der Waals surface area contributed by atoms with Crippen LogP contribution in [0.5, 0.6) is 0 Å². The first-order valence-electron chi connectivity index (χ1n) is 3.73. The molecule has 2 amide bonds. The fourth-order valence-corrected chi connectivity index (χ4v) is 1.07. The second kappa shape index (κ2) is 2.11. The summed E-state index contributed by atoms with van der Waals surface area (Å²) in [6.07, 6.45) is 0. The molecule has 0 radical (unpaired) electrons. The highest BCUT2D eigenvalue weighted by Gasteiger charge is 2.53. The maximum Gasteiger partial charge on any atom is 0.334 e. The van der Waals surface area contributed by atoms with Gasteiger partial charge in [0.25, 0.3) is 0 Å². The summed E-state index contributed by atoms with van der Waals surface area (Å²) in [5, 5.41) is 21.3. The van der Waals surface area contributed by atoms with Crippen LogP contribution in [-0.4, -0.2) is 32.4 Å². The predicted octanol–water partition coefficient (Wildman–Crippen LogP) is 1.17. The van der Waals surface area contributed by atoms with Gasteiger partial charge in [-0.15, -0.1) is 0 Å². The normalized spacial score (nSPS) is 26.7. The predicted molar refractivity (Wildman–Crippen MR) is 42.4 cm³/mol. The van der Waals surface area contributed by atoms with Crippen LogP contribution in [0.25, 0.3) is 0 Å². The molecule has 0 aliphatic carbocycles. The van der Waals surface area contributed by atoms with Crippen molar-refractivity contribution in [3.8, 4) is 0 Å². The van der Waals surface area contributed by atoms with Crippen molar-refractivity contribution in [2.75, 3.05) is 0 Å². The molecular formula is C7H13N2O3-. The Kier molecular flexibility index (Phi) is 1.63. The standard InChI is InChI=1S/C7H13N2O3/c1-6(2)7(3,4)9(12)5(10)8(6)11/h11H,1-4H3/q-1. The van der Waals surface area contributed by atoms with Crippen LogP contribution >= 0.6 is 0 Å². The summed E-state index contributed by atoms with van der Waals surface area (Å²) < 4.78 is 0. The quantitative estimate of drug-likeness (QED) is 0.559. The minimum Gasteiger partial charge on any atom is -0.754 e. The maximum atomic E-state index is 11.2. The lowest BCUT2D eigenvalue weighted by Crippen LogP contribution is -2.52. The topological polar surface area (TPSA) is 66.8 Å². The number of urea groups is 1. The molecule has 0 aromatic heterocycles. The van der Waals surface area contributed by atoms with Crippen molar-refractivity contribution in [3.05, 3.63) is 5.21 Å². The van der Waals surface area contributed by atoms with Crippen LogP contribution in [0.1, 0.15) is 27.7 Å². The Hall–Kier alpha value is -0.810. The van der Waals surface area contributed by atoms with Gasteiger partial charge in [-0.25, -0.2) is 4.79 Å². The third kappa shape index (κ3) is 0.776. The SMILES string of the molecule is CC1(C)N([O-])C(=O)N(O)C1(C)C. The van der Waals surface area contributed by atoms with E-state index < -0.39 is 17.1 Å². The zero-order valence-electron chi connectivity index (χ0n) is 7.66. The third-order valence-electron chi connectivity index (χ3n) is 2.89. The van der Waals surface area contributed by atoms with Crippen molar-refractivity contribution in [3.63, 3.8) is 0 Å². The summed E-state index contributed by atoms with van der Waals surface area (Å²) in [7, 11) is 0. The fraction of sp³-hybridized carbons (Fsp3) is 0.857. The Balaban J connectivity index is 3.14. The number of carbonyl (C=O) groups excluding carboxylic acids is 1. The number of hydrogen-bond donors (Lipinski definition) is 1. The van der Waals surface area contributed by atoms with Crippen molar-refractivity contribution in [2.45, 2.75) is 38.8 Å². The van der Waals surface area contributed by atoms with Crippen molar-refractivity contribution in [1.82, 2.24) is 10.1 Å². The Labute approximate surface area is 71.1 Å². The highest BCUT2D eigenvalue weighted by Crippen LogP contribution is 2.38. The summed E-state index contributed by atoms with van der Waals surface area (Å²) in [6.45, 7) is 6.52. The Morgan fingerprint density at radius 2 is 1.67 bits per heavy atom. The largest absolute Gasteiger partial charge is 0.754 e. The van der Waals surface area contributed by atoms with E-state index in [1.54, 1.807) is 27.7 Å². The molecule has 5 nitrogen and oxygen atoms in total. The van der Waals surface area contributed by atoms with Gasteiger partial charge in [0.2, 0.25) is 0 Å². The van der Waals surface area contributed by atoms with Gasteiger partial charge in [-0.3, -0.25) is 5.21 Å². The van der Waals surface area contributed by atoms with Gasteiger partial charge in [-0.2, -0.15) is 5.06 Å². The van der Waals surface area contributed by atoms with Crippen molar-refractivity contribution in [1.29, 1.82) is 0 Å². The molecule has 1 saturated heterocycles. The van der Waals surface area contributed by atoms with E-state index in [1.807, 2.05) is 0 Å². The lowest BCUT2D eigenvalue weighted by Gasteiger charge is -2.42. The first kappa shape index (κ1) is 9.28. The van der Waals surface area contributed by atoms with Crippen LogP contribution in [0.4, 0.5) is 4.79 Å². The van der Waals surface area contributed by atoms with Gasteiger partial charge < -0.3 is 10.3 Å². The van der Waals surface area contributed by atoms with E-state index in [2.05, 4.69) is 0 Å². The van der Waals surface area contributed by atoms with Crippen LogP contribution < -0.4 is 0 Å². The van der Waals surface area contributed by atoms with Gasteiger partial charge in [-0.05, 0) is 27.7 Å². The zero-order valence-corrected chi connectivity index (χ0v) is 7.66. The molecule has 1 aliphatic rings. The maximum absolute atomic E-state index is 11.2. The van der Waals surface area contributed by atoms with Crippen LogP contribution in [-0.2, 0) is 0 Å². The molecule has 0 spiro atoms. The van der Waals surface area contributed by atoms with Crippen molar-refractivity contribution in [2.24, 2.45) is 0 Å². The van der Waals surface area contributed by atoms with Crippen LogP contribution in [0.15, 0.2) is 0 Å². The average Bonchev–Trinajstić information content (AvgIpc) is 2.05. The number of nitrogens with zero attached hydrogens (tertiary/aromatic N) is 2. The number of rotatable bonds is 0. The van der Waals surface area contributed by atoms with Gasteiger partial charge in [0, 0.05) is 0 Å². The molecule has 0 aromatic carbocycles. The Morgan fingerprint density at radius 3 is 1.75 bits per heavy atom. The van der Waals surface area contributed by atoms with Crippen molar-refractivity contribution >= 4 is 6.03 Å². The molecule has 0 bridgehead atoms. The highest BCUT2D eigenvalue weighted by molar-refractivity contribution is 5.78. The summed E-state index contributed by atoms with van der Waals surface area (Å²) in [5.74, 6) is 0. The molecule has 0 aromatic rings. The van der Waals surface area contributed by atoms with E-state index in [4.69, 9.17) is 0 Å². The van der Waals surface area contributed by atoms with Gasteiger partial charge in [0.05, 0.1) is 11.1 Å². The minimum atomic E-state index is -0.904. The molecule has 1 heterocycles. The molecule has 0 unspecified atom stereocenters. The number of amides is 2. The minimum absolute atomic E-state index is 0.299. The molecule has 0 atom stereocenters. The smallest absolute Gasteiger partial charge is 0.334 e. The zero-order chi connectivity index (χ0) is 9.73. The molecule has 1 fully saturated rings. The molecule has 1 rings (SSSR count). The third-order valence-corrected chi connectivity index (χ3v) is 2.89. The molecule has 1 N–H and O–H groups in total. The average molecular weight is 173 g/mol. The number of hydroxylamine groups is 4. The van der Waals surface area contributed by atoms with Crippen LogP contribution in [0, 0.1) is 5.21 Å². The molecule has 0 saturated carbocycles. The first-order chi connectivity index (χ1) is 5.23. The molecule has 70 valence electrons. The van der Waals surface area contributed by atoms with Crippen molar-refractivity contribution < 1.29 is 10.0 Å². The van der Waals surface area contributed by atoms with Gasteiger partial charge >= 0.3 is 6.03 Å². The monoisotopic (exact) mass is 173 g/mol. The molecular weight excluding hydrogens is 160 g/mol. The molecule has 12 heavy (non-hydrogen) atoms. The van der Waals surface area contributed by atoms with Gasteiger partial charge in [0.15, 0.2) is 0 Å². The van der Waals surface area contributed by atoms with Crippen LogP contribution in [0.2, 0.25) is 0 Å². The number of hydrogen-bond acceptors (Lipinski definition) is 3. The molecule has 1 aliphatic heterocycles. The van der Waals surface area contributed by atoms with E-state index in [0.717, 1.165) is 0 Å². The van der Waals surface area contributed by atoms with E-state index in [1.165, 1.54) is 0 Å². The first-order valence-corrected chi connectivity index (χ1v) is 3.73. The summed E-state index contributed by atoms with van der Waals surface area (Å²) in [5.41, 5.74) is -1.76. The molecule has 5 heteroatoms. The lowest BCUT2D eigenvalue weighted by atomic mass is 9.84. The summed E-state index contributed by atoms with van der Waals surface area (Å²) >= 11 is 0.